The Labute approximate surface area is 208 Å². The van der Waals surface area contributed by atoms with Crippen LogP contribution in [0.4, 0.5) is 0 Å². The minimum Gasteiger partial charge on any atom is -0.503 e. The van der Waals surface area contributed by atoms with Gasteiger partial charge in [-0.05, 0) is 42.7 Å². The van der Waals surface area contributed by atoms with Gasteiger partial charge in [0.25, 0.3) is 5.91 Å². The molecule has 8 heteroatoms. The van der Waals surface area contributed by atoms with Crippen LogP contribution in [0.5, 0.6) is 11.5 Å². The monoisotopic (exact) mass is 497 g/mol. The standard InChI is InChI=1S/C27H28ClNO6/c1-4-6-12-34-19-9-7-16(8-10-19)23-22(25(31)27(32)29(23)11-5-2)24(30)20-14-17-13-18(28)15-21(33-3)26(17)35-20/h7-10,13-15,23,31H,4-6,11-12H2,1-3H3. The van der Waals surface area contributed by atoms with E-state index in [1.807, 2.05) is 31.2 Å². The topological polar surface area (TPSA) is 89.2 Å². The van der Waals surface area contributed by atoms with Crippen molar-refractivity contribution in [2.45, 2.75) is 39.2 Å². The zero-order valence-electron chi connectivity index (χ0n) is 20.0. The van der Waals surface area contributed by atoms with Crippen LogP contribution in [-0.2, 0) is 4.79 Å². The first kappa shape index (κ1) is 24.7. The van der Waals surface area contributed by atoms with Gasteiger partial charge in [0.05, 0.1) is 25.3 Å². The summed E-state index contributed by atoms with van der Waals surface area (Å²) in [5, 5.41) is 11.8. The third kappa shape index (κ3) is 4.73. The molecule has 1 aliphatic rings. The van der Waals surface area contributed by atoms with Crippen molar-refractivity contribution in [1.29, 1.82) is 0 Å². The van der Waals surface area contributed by atoms with Crippen LogP contribution in [0, 0.1) is 0 Å². The van der Waals surface area contributed by atoms with E-state index in [0.29, 0.717) is 52.6 Å². The molecule has 184 valence electrons. The number of ether oxygens (including phenoxy) is 2. The van der Waals surface area contributed by atoms with Crippen LogP contribution < -0.4 is 9.47 Å². The molecule has 1 atom stereocenters. The molecule has 0 saturated carbocycles. The molecule has 1 aliphatic heterocycles. The van der Waals surface area contributed by atoms with Crippen LogP contribution in [0.3, 0.4) is 0 Å². The molecule has 0 aliphatic carbocycles. The number of carbonyl (C=O) groups excluding carboxylic acids is 2. The van der Waals surface area contributed by atoms with Crippen LogP contribution in [0.15, 0.2) is 58.2 Å². The Hall–Kier alpha value is -3.45. The van der Waals surface area contributed by atoms with E-state index in [9.17, 15) is 14.7 Å². The summed E-state index contributed by atoms with van der Waals surface area (Å²) in [6.07, 6.45) is 2.64. The van der Waals surface area contributed by atoms with E-state index in [1.165, 1.54) is 12.0 Å². The molecule has 2 heterocycles. The maximum Gasteiger partial charge on any atom is 0.290 e. The molecule has 0 bridgehead atoms. The van der Waals surface area contributed by atoms with Crippen LogP contribution in [0.1, 0.15) is 55.3 Å². The fraction of sp³-hybridized carbons (Fsp3) is 0.333. The molecular weight excluding hydrogens is 470 g/mol. The molecule has 0 fully saturated rings. The Bertz CT molecular complexity index is 1280. The van der Waals surface area contributed by atoms with E-state index >= 15 is 0 Å². The summed E-state index contributed by atoms with van der Waals surface area (Å²) < 4.78 is 16.9. The molecule has 4 rings (SSSR count). The molecular formula is C27H28ClNO6. The van der Waals surface area contributed by atoms with E-state index in [4.69, 9.17) is 25.5 Å². The highest BCUT2D eigenvalue weighted by atomic mass is 35.5. The van der Waals surface area contributed by atoms with Crippen molar-refractivity contribution in [3.8, 4) is 11.5 Å². The Morgan fingerprint density at radius 3 is 2.54 bits per heavy atom. The first-order valence-electron chi connectivity index (χ1n) is 11.7. The van der Waals surface area contributed by atoms with Gasteiger partial charge in [0.15, 0.2) is 22.9 Å². The minimum atomic E-state index is -0.752. The van der Waals surface area contributed by atoms with E-state index in [2.05, 4.69) is 6.92 Å². The molecule has 1 amide bonds. The van der Waals surface area contributed by atoms with Gasteiger partial charge in [-0.15, -0.1) is 0 Å². The molecule has 1 N–H and O–H groups in total. The first-order valence-corrected chi connectivity index (χ1v) is 12.1. The molecule has 1 aromatic heterocycles. The molecule has 0 radical (unpaired) electrons. The highest BCUT2D eigenvalue weighted by Gasteiger charge is 2.44. The predicted molar refractivity (Wildman–Crippen MR) is 133 cm³/mol. The number of methoxy groups -OCH3 is 1. The van der Waals surface area contributed by atoms with Crippen molar-refractivity contribution >= 4 is 34.3 Å². The second-order valence-electron chi connectivity index (χ2n) is 8.40. The van der Waals surface area contributed by atoms with Gasteiger partial charge in [0, 0.05) is 23.0 Å². The molecule has 1 unspecified atom stereocenters. The van der Waals surface area contributed by atoms with Crippen molar-refractivity contribution in [2.24, 2.45) is 0 Å². The lowest BCUT2D eigenvalue weighted by atomic mass is 9.95. The first-order chi connectivity index (χ1) is 16.9. The Morgan fingerprint density at radius 2 is 1.89 bits per heavy atom. The highest BCUT2D eigenvalue weighted by molar-refractivity contribution is 6.31. The zero-order chi connectivity index (χ0) is 25.1. The van der Waals surface area contributed by atoms with Crippen molar-refractivity contribution in [3.05, 3.63) is 70.1 Å². The van der Waals surface area contributed by atoms with Gasteiger partial charge < -0.3 is 23.9 Å². The number of halogens is 1. The summed E-state index contributed by atoms with van der Waals surface area (Å²) in [6.45, 7) is 5.02. The van der Waals surface area contributed by atoms with Gasteiger partial charge in [-0.2, -0.15) is 0 Å². The third-order valence-electron chi connectivity index (χ3n) is 5.97. The van der Waals surface area contributed by atoms with E-state index in [0.717, 1.165) is 12.8 Å². The summed E-state index contributed by atoms with van der Waals surface area (Å²) in [7, 11) is 1.48. The van der Waals surface area contributed by atoms with Crippen molar-refractivity contribution in [2.75, 3.05) is 20.3 Å². The number of hydrogen-bond acceptors (Lipinski definition) is 6. The minimum absolute atomic E-state index is 0.0159. The molecule has 2 aromatic carbocycles. The Kier molecular flexibility index (Phi) is 7.36. The largest absolute Gasteiger partial charge is 0.503 e. The lowest BCUT2D eigenvalue weighted by molar-refractivity contribution is -0.129. The summed E-state index contributed by atoms with van der Waals surface area (Å²) >= 11 is 6.15. The van der Waals surface area contributed by atoms with Gasteiger partial charge in [0.1, 0.15) is 5.75 Å². The van der Waals surface area contributed by atoms with Gasteiger partial charge in [-0.3, -0.25) is 9.59 Å². The smallest absolute Gasteiger partial charge is 0.290 e. The molecule has 35 heavy (non-hydrogen) atoms. The van der Waals surface area contributed by atoms with Crippen molar-refractivity contribution in [1.82, 2.24) is 4.90 Å². The quantitative estimate of drug-likeness (QED) is 0.262. The van der Waals surface area contributed by atoms with Crippen LogP contribution in [-0.4, -0.2) is 42.0 Å². The number of unbranched alkanes of at least 4 members (excludes halogenated alkanes) is 1. The lowest BCUT2D eigenvalue weighted by Gasteiger charge is -2.26. The van der Waals surface area contributed by atoms with Crippen LogP contribution >= 0.6 is 11.6 Å². The van der Waals surface area contributed by atoms with E-state index < -0.39 is 23.5 Å². The number of carbonyl (C=O) groups is 2. The predicted octanol–water partition coefficient (Wildman–Crippen LogP) is 6.26. The van der Waals surface area contributed by atoms with Crippen molar-refractivity contribution < 1.29 is 28.6 Å². The number of fused-ring (bicyclic) bond motifs is 1. The van der Waals surface area contributed by atoms with Gasteiger partial charge in [-0.25, -0.2) is 0 Å². The number of aliphatic hydroxyl groups excluding tert-OH is 1. The fourth-order valence-electron chi connectivity index (χ4n) is 4.27. The maximum atomic E-state index is 13.6. The van der Waals surface area contributed by atoms with E-state index in [1.54, 1.807) is 18.2 Å². The summed E-state index contributed by atoms with van der Waals surface area (Å²) in [5.41, 5.74) is 1.03. The molecule has 7 nitrogen and oxygen atoms in total. The number of nitrogens with zero attached hydrogens (tertiary/aromatic N) is 1. The number of Topliss-reactive ketones (excluding diaryl/α,β-unsaturated/α-hetero) is 1. The SMILES string of the molecule is CCCCOc1ccc(C2C(C(=O)c3cc4cc(Cl)cc(OC)c4o3)=C(O)C(=O)N2CCC)cc1. The second kappa shape index (κ2) is 10.4. The molecule has 0 spiro atoms. The molecule has 0 saturated heterocycles. The number of furan rings is 1. The number of benzene rings is 2. The average Bonchev–Trinajstić information content (AvgIpc) is 3.39. The Balaban J connectivity index is 1.73. The average molecular weight is 498 g/mol. The van der Waals surface area contributed by atoms with Crippen molar-refractivity contribution in [3.63, 3.8) is 0 Å². The Morgan fingerprint density at radius 1 is 1.14 bits per heavy atom. The number of rotatable bonds is 10. The van der Waals surface area contributed by atoms with Crippen LogP contribution in [0.2, 0.25) is 5.02 Å². The molecule has 3 aromatic rings. The normalized spacial score (nSPS) is 15.8. The van der Waals surface area contributed by atoms with E-state index in [-0.39, 0.29) is 11.3 Å². The highest BCUT2D eigenvalue weighted by Crippen LogP contribution is 2.41. The maximum absolute atomic E-state index is 13.6. The summed E-state index contributed by atoms with van der Waals surface area (Å²) in [4.78, 5) is 28.1. The van der Waals surface area contributed by atoms with Gasteiger partial charge >= 0.3 is 0 Å². The lowest BCUT2D eigenvalue weighted by Crippen LogP contribution is -2.31. The number of hydrogen-bond donors (Lipinski definition) is 1. The van der Waals surface area contributed by atoms with Crippen LogP contribution in [0.25, 0.3) is 11.0 Å². The summed E-state index contributed by atoms with van der Waals surface area (Å²) in [5.74, 6) is -0.650. The fourth-order valence-corrected chi connectivity index (χ4v) is 4.48. The number of aliphatic hydroxyl groups is 1. The second-order valence-corrected chi connectivity index (χ2v) is 8.84. The van der Waals surface area contributed by atoms with Gasteiger partial charge in [-0.1, -0.05) is 44.0 Å². The zero-order valence-corrected chi connectivity index (χ0v) is 20.7. The number of amides is 1. The number of ketones is 1. The van der Waals surface area contributed by atoms with Gasteiger partial charge in [0.2, 0.25) is 5.78 Å². The summed E-state index contributed by atoms with van der Waals surface area (Å²) in [6, 6.07) is 11.3. The third-order valence-corrected chi connectivity index (χ3v) is 6.18.